The van der Waals surface area contributed by atoms with E-state index in [2.05, 4.69) is 20.9 Å². The molecular weight excluding hydrogens is 276 g/mol. The lowest BCUT2D eigenvalue weighted by atomic mass is 10.4. The van der Waals surface area contributed by atoms with Crippen LogP contribution in [0.2, 0.25) is 0 Å². The average molecular weight is 289 g/mol. The molecule has 0 N–H and O–H groups in total. The first kappa shape index (κ1) is 12.5. The summed E-state index contributed by atoms with van der Waals surface area (Å²) in [6.45, 7) is 1.88. The lowest BCUT2D eigenvalue weighted by molar-refractivity contribution is -0.127. The number of carbonyl (C=O) groups is 1. The minimum Gasteiger partial charge on any atom is -0.348 e. The van der Waals surface area contributed by atoms with Crippen molar-refractivity contribution in [2.45, 2.75) is 17.2 Å². The van der Waals surface area contributed by atoms with Crippen LogP contribution < -0.4 is 0 Å². The number of thioether (sulfide) groups is 1. The topological polar surface area (TPSA) is 33.2 Å². The van der Waals surface area contributed by atoms with E-state index in [0.29, 0.717) is 0 Å². The van der Waals surface area contributed by atoms with Gasteiger partial charge in [-0.1, -0.05) is 11.8 Å². The van der Waals surface area contributed by atoms with Crippen molar-refractivity contribution in [3.63, 3.8) is 0 Å². The van der Waals surface area contributed by atoms with Gasteiger partial charge in [-0.05, 0) is 35.0 Å². The smallest absolute Gasteiger partial charge is 0.235 e. The van der Waals surface area contributed by atoms with Crippen LogP contribution in [0.5, 0.6) is 0 Å². The van der Waals surface area contributed by atoms with Crippen LogP contribution in [0.3, 0.4) is 0 Å². The second-order valence-corrected chi connectivity index (χ2v) is 5.47. The normalized spacial score (nSPS) is 12.3. The highest BCUT2D eigenvalue weighted by atomic mass is 79.9. The molecule has 0 spiro atoms. The number of pyridine rings is 1. The Morgan fingerprint density at radius 3 is 2.80 bits per heavy atom. The zero-order valence-electron chi connectivity index (χ0n) is 8.90. The van der Waals surface area contributed by atoms with E-state index in [0.717, 1.165) is 9.50 Å². The third kappa shape index (κ3) is 3.50. The highest BCUT2D eigenvalue weighted by molar-refractivity contribution is 9.10. The number of amides is 1. The van der Waals surface area contributed by atoms with Gasteiger partial charge in [0.2, 0.25) is 5.91 Å². The van der Waals surface area contributed by atoms with Crippen molar-refractivity contribution in [2.24, 2.45) is 0 Å². The molecule has 1 atom stereocenters. The van der Waals surface area contributed by atoms with E-state index >= 15 is 0 Å². The quantitative estimate of drug-likeness (QED) is 0.801. The van der Waals surface area contributed by atoms with Gasteiger partial charge in [0.25, 0.3) is 0 Å². The van der Waals surface area contributed by atoms with Gasteiger partial charge in [0.15, 0.2) is 0 Å². The number of aromatic nitrogens is 1. The molecule has 1 heterocycles. The molecule has 1 amide bonds. The summed E-state index contributed by atoms with van der Waals surface area (Å²) in [7, 11) is 3.51. The molecule has 0 saturated heterocycles. The number of halogens is 1. The van der Waals surface area contributed by atoms with E-state index in [1.807, 2.05) is 19.1 Å². The molecule has 0 aliphatic carbocycles. The first-order valence-electron chi connectivity index (χ1n) is 4.50. The van der Waals surface area contributed by atoms with Crippen LogP contribution in [0.1, 0.15) is 6.92 Å². The monoisotopic (exact) mass is 288 g/mol. The van der Waals surface area contributed by atoms with Crippen molar-refractivity contribution in [1.82, 2.24) is 9.88 Å². The Bertz CT molecular complexity index is 357. The number of carbonyl (C=O) groups excluding carboxylic acids is 1. The zero-order chi connectivity index (χ0) is 11.4. The van der Waals surface area contributed by atoms with Gasteiger partial charge >= 0.3 is 0 Å². The fraction of sp³-hybridized carbons (Fsp3) is 0.400. The summed E-state index contributed by atoms with van der Waals surface area (Å²) in [5, 5.41) is 0.728. The number of hydrogen-bond acceptors (Lipinski definition) is 3. The molecule has 0 fully saturated rings. The standard InChI is InChI=1S/C10H13BrN2OS/c1-7(10(14)13(2)3)15-9-8(11)5-4-6-12-9/h4-7H,1-3H3. The molecule has 1 rings (SSSR count). The molecule has 0 bridgehead atoms. The molecular formula is C10H13BrN2OS. The molecule has 1 aromatic rings. The number of nitrogens with zero attached hydrogens (tertiary/aromatic N) is 2. The van der Waals surface area contributed by atoms with Crippen molar-refractivity contribution in [1.29, 1.82) is 0 Å². The summed E-state index contributed by atoms with van der Waals surface area (Å²) >= 11 is 4.86. The van der Waals surface area contributed by atoms with Crippen molar-refractivity contribution < 1.29 is 4.79 Å². The summed E-state index contributed by atoms with van der Waals surface area (Å²) in [6.07, 6.45) is 1.72. The molecule has 0 saturated carbocycles. The van der Waals surface area contributed by atoms with Gasteiger partial charge < -0.3 is 4.90 Å². The van der Waals surface area contributed by atoms with Crippen LogP contribution in [0.4, 0.5) is 0 Å². The average Bonchev–Trinajstić information content (AvgIpc) is 2.20. The predicted molar refractivity (Wildman–Crippen MR) is 66.0 cm³/mol. The Morgan fingerprint density at radius 2 is 2.27 bits per heavy atom. The molecule has 1 unspecified atom stereocenters. The molecule has 0 aromatic carbocycles. The van der Waals surface area contributed by atoms with E-state index in [4.69, 9.17) is 0 Å². The summed E-state index contributed by atoms with van der Waals surface area (Å²) in [5.41, 5.74) is 0. The van der Waals surface area contributed by atoms with E-state index in [1.54, 1.807) is 25.2 Å². The highest BCUT2D eigenvalue weighted by Crippen LogP contribution is 2.28. The van der Waals surface area contributed by atoms with E-state index in [-0.39, 0.29) is 11.2 Å². The fourth-order valence-electron chi connectivity index (χ4n) is 1.04. The molecule has 3 nitrogen and oxygen atoms in total. The lowest BCUT2D eigenvalue weighted by Gasteiger charge is -2.16. The van der Waals surface area contributed by atoms with E-state index in [9.17, 15) is 4.79 Å². The van der Waals surface area contributed by atoms with Gasteiger partial charge in [-0.15, -0.1) is 0 Å². The third-order valence-corrected chi connectivity index (χ3v) is 3.81. The van der Waals surface area contributed by atoms with E-state index in [1.165, 1.54) is 11.8 Å². The Labute approximate surface area is 102 Å². The van der Waals surface area contributed by atoms with Gasteiger partial charge in [-0.3, -0.25) is 4.79 Å². The van der Waals surface area contributed by atoms with Crippen LogP contribution in [0.25, 0.3) is 0 Å². The number of rotatable bonds is 3. The minimum atomic E-state index is -0.119. The van der Waals surface area contributed by atoms with Crippen molar-refractivity contribution in [3.05, 3.63) is 22.8 Å². The summed E-state index contributed by atoms with van der Waals surface area (Å²) in [6, 6.07) is 3.77. The molecule has 0 radical (unpaired) electrons. The lowest BCUT2D eigenvalue weighted by Crippen LogP contribution is -2.29. The first-order valence-corrected chi connectivity index (χ1v) is 6.18. The summed E-state index contributed by atoms with van der Waals surface area (Å²) in [5.74, 6) is 0.0950. The minimum absolute atomic E-state index is 0.0950. The van der Waals surface area contributed by atoms with Crippen LogP contribution in [0, 0.1) is 0 Å². The molecule has 1 aromatic heterocycles. The SMILES string of the molecule is CC(Sc1ncccc1Br)C(=O)N(C)C. The van der Waals surface area contributed by atoms with Gasteiger partial charge in [0.05, 0.1) is 5.25 Å². The first-order chi connectivity index (χ1) is 7.02. The Morgan fingerprint density at radius 1 is 1.60 bits per heavy atom. The van der Waals surface area contributed by atoms with Gasteiger partial charge in [-0.25, -0.2) is 4.98 Å². The van der Waals surface area contributed by atoms with Crippen LogP contribution in [-0.2, 0) is 4.79 Å². The third-order valence-electron chi connectivity index (χ3n) is 1.80. The van der Waals surface area contributed by atoms with Gasteiger partial charge in [0, 0.05) is 24.8 Å². The van der Waals surface area contributed by atoms with Gasteiger partial charge in [0.1, 0.15) is 5.03 Å². The van der Waals surface area contributed by atoms with E-state index < -0.39 is 0 Å². The maximum Gasteiger partial charge on any atom is 0.235 e. The number of hydrogen-bond donors (Lipinski definition) is 0. The maximum atomic E-state index is 11.6. The van der Waals surface area contributed by atoms with Crippen LogP contribution in [0.15, 0.2) is 27.8 Å². The molecule has 15 heavy (non-hydrogen) atoms. The van der Waals surface area contributed by atoms with Gasteiger partial charge in [-0.2, -0.15) is 0 Å². The molecule has 82 valence electrons. The Kier molecular flexibility index (Phi) is 4.60. The summed E-state index contributed by atoms with van der Waals surface area (Å²) < 4.78 is 0.924. The molecule has 0 aliphatic heterocycles. The van der Waals surface area contributed by atoms with Crippen molar-refractivity contribution in [2.75, 3.05) is 14.1 Å². The van der Waals surface area contributed by atoms with Crippen molar-refractivity contribution in [3.8, 4) is 0 Å². The maximum absolute atomic E-state index is 11.6. The highest BCUT2D eigenvalue weighted by Gasteiger charge is 2.17. The summed E-state index contributed by atoms with van der Waals surface area (Å²) in [4.78, 5) is 17.4. The van der Waals surface area contributed by atoms with Crippen LogP contribution in [-0.4, -0.2) is 35.1 Å². The fourth-order valence-corrected chi connectivity index (χ4v) is 2.52. The molecule has 0 aliphatic rings. The predicted octanol–water partition coefficient (Wildman–Crippen LogP) is 2.41. The Hall–Kier alpha value is -0.550. The zero-order valence-corrected chi connectivity index (χ0v) is 11.3. The van der Waals surface area contributed by atoms with Crippen LogP contribution >= 0.6 is 27.7 Å². The largest absolute Gasteiger partial charge is 0.348 e. The Balaban J connectivity index is 2.71. The molecule has 5 heteroatoms. The second-order valence-electron chi connectivity index (χ2n) is 3.28. The van der Waals surface area contributed by atoms with Crippen molar-refractivity contribution >= 4 is 33.6 Å². The second kappa shape index (κ2) is 5.51.